The number of imidazole rings is 1. The quantitative estimate of drug-likeness (QED) is 0.895. The predicted octanol–water partition coefficient (Wildman–Crippen LogP) is 3.04. The molecule has 0 aliphatic heterocycles. The van der Waals surface area contributed by atoms with Gasteiger partial charge in [-0.05, 0) is 31.0 Å². The zero-order valence-electron chi connectivity index (χ0n) is 11.3. The van der Waals surface area contributed by atoms with Crippen molar-refractivity contribution in [2.45, 2.75) is 32.7 Å². The molecule has 1 heterocycles. The number of amides is 1. The minimum Gasteiger partial charge on any atom is -0.334 e. The third kappa shape index (κ3) is 3.68. The van der Waals surface area contributed by atoms with Crippen molar-refractivity contribution in [1.29, 1.82) is 0 Å². The van der Waals surface area contributed by atoms with Gasteiger partial charge in [0, 0.05) is 30.5 Å². The maximum atomic E-state index is 12.0. The highest BCUT2D eigenvalue weighted by Crippen LogP contribution is 2.14. The molecule has 1 atom stereocenters. The average molecular weight is 257 g/mol. The molecule has 0 bridgehead atoms. The van der Waals surface area contributed by atoms with Crippen molar-refractivity contribution in [2.24, 2.45) is 0 Å². The van der Waals surface area contributed by atoms with Gasteiger partial charge >= 0.3 is 0 Å². The Hall–Kier alpha value is -2.10. The molecule has 100 valence electrons. The minimum absolute atomic E-state index is 0.0226. The van der Waals surface area contributed by atoms with Crippen molar-refractivity contribution in [3.63, 3.8) is 0 Å². The number of rotatable bonds is 5. The lowest BCUT2D eigenvalue weighted by Gasteiger charge is -2.13. The molecular weight excluding hydrogens is 238 g/mol. The van der Waals surface area contributed by atoms with Gasteiger partial charge in [-0.2, -0.15) is 0 Å². The third-order valence-electron chi connectivity index (χ3n) is 3.13. The van der Waals surface area contributed by atoms with Crippen LogP contribution in [0, 0.1) is 0 Å². The molecule has 0 saturated heterocycles. The first-order valence-corrected chi connectivity index (χ1v) is 6.55. The van der Waals surface area contributed by atoms with Crippen molar-refractivity contribution < 1.29 is 4.79 Å². The number of carbonyl (C=O) groups is 1. The van der Waals surface area contributed by atoms with Gasteiger partial charge in [-0.1, -0.05) is 19.1 Å². The van der Waals surface area contributed by atoms with Crippen LogP contribution in [0.25, 0.3) is 0 Å². The number of hydrogen-bond acceptors (Lipinski definition) is 2. The molecule has 1 aromatic heterocycles. The summed E-state index contributed by atoms with van der Waals surface area (Å²) in [5.74, 6) is 0.0226. The van der Waals surface area contributed by atoms with Crippen LogP contribution >= 0.6 is 0 Å². The van der Waals surface area contributed by atoms with Crippen LogP contribution in [-0.2, 0) is 11.2 Å². The molecule has 1 amide bonds. The van der Waals surface area contributed by atoms with Crippen molar-refractivity contribution in [1.82, 2.24) is 9.55 Å². The van der Waals surface area contributed by atoms with Gasteiger partial charge in [-0.25, -0.2) is 4.98 Å². The SMILES string of the molecule is CCc1cccc(NC(=O)CC(C)n2ccnc2)c1. The second-order valence-corrected chi connectivity index (χ2v) is 4.67. The molecule has 1 unspecified atom stereocenters. The van der Waals surface area contributed by atoms with Crippen molar-refractivity contribution in [2.75, 3.05) is 5.32 Å². The standard InChI is InChI=1S/C15H19N3O/c1-3-13-5-4-6-14(10-13)17-15(19)9-12(2)18-8-7-16-11-18/h4-8,10-12H,3,9H2,1-2H3,(H,17,19). The Bertz CT molecular complexity index is 534. The van der Waals surface area contributed by atoms with Crippen molar-refractivity contribution in [3.05, 3.63) is 48.5 Å². The molecule has 2 aromatic rings. The van der Waals surface area contributed by atoms with Gasteiger partial charge in [-0.3, -0.25) is 4.79 Å². The Morgan fingerprint density at radius 1 is 1.47 bits per heavy atom. The van der Waals surface area contributed by atoms with Gasteiger partial charge in [0.1, 0.15) is 0 Å². The Kier molecular flexibility index (Phi) is 4.34. The summed E-state index contributed by atoms with van der Waals surface area (Å²) in [6.07, 6.45) is 6.73. The van der Waals surface area contributed by atoms with Gasteiger partial charge in [0.25, 0.3) is 0 Å². The number of aryl methyl sites for hydroxylation is 1. The predicted molar refractivity (Wildman–Crippen MR) is 76.0 cm³/mol. The number of aromatic nitrogens is 2. The lowest BCUT2D eigenvalue weighted by atomic mass is 10.1. The van der Waals surface area contributed by atoms with E-state index in [9.17, 15) is 4.79 Å². The van der Waals surface area contributed by atoms with Crippen LogP contribution in [0.5, 0.6) is 0 Å². The summed E-state index contributed by atoms with van der Waals surface area (Å²) in [5, 5.41) is 2.94. The molecule has 0 fully saturated rings. The number of carbonyl (C=O) groups excluding carboxylic acids is 1. The monoisotopic (exact) mass is 257 g/mol. The molecule has 0 aliphatic rings. The van der Waals surface area contributed by atoms with E-state index in [4.69, 9.17) is 0 Å². The molecule has 1 N–H and O–H groups in total. The largest absolute Gasteiger partial charge is 0.334 e. The Morgan fingerprint density at radius 3 is 3.00 bits per heavy atom. The molecule has 0 spiro atoms. The van der Waals surface area contributed by atoms with Gasteiger partial charge in [0.15, 0.2) is 0 Å². The van der Waals surface area contributed by atoms with E-state index in [1.165, 1.54) is 5.56 Å². The van der Waals surface area contributed by atoms with Gasteiger partial charge < -0.3 is 9.88 Å². The van der Waals surface area contributed by atoms with Crippen LogP contribution in [0.1, 0.15) is 31.9 Å². The van der Waals surface area contributed by atoms with E-state index in [0.717, 1.165) is 12.1 Å². The first-order chi connectivity index (χ1) is 9.19. The second-order valence-electron chi connectivity index (χ2n) is 4.67. The summed E-state index contributed by atoms with van der Waals surface area (Å²) < 4.78 is 1.93. The first kappa shape index (κ1) is 13.3. The van der Waals surface area contributed by atoms with Crippen LogP contribution < -0.4 is 5.32 Å². The van der Waals surface area contributed by atoms with Crippen LogP contribution in [0.15, 0.2) is 43.0 Å². The zero-order valence-corrected chi connectivity index (χ0v) is 11.3. The van der Waals surface area contributed by atoms with E-state index >= 15 is 0 Å². The molecule has 0 aliphatic carbocycles. The molecule has 0 radical (unpaired) electrons. The molecule has 1 aromatic carbocycles. The first-order valence-electron chi connectivity index (χ1n) is 6.55. The highest BCUT2D eigenvalue weighted by atomic mass is 16.1. The number of nitrogens with one attached hydrogen (secondary N) is 1. The van der Waals surface area contributed by atoms with E-state index in [1.54, 1.807) is 12.5 Å². The Labute approximate surface area is 113 Å². The van der Waals surface area contributed by atoms with Gasteiger partial charge in [0.05, 0.1) is 6.33 Å². The maximum Gasteiger partial charge on any atom is 0.226 e. The van der Waals surface area contributed by atoms with Crippen LogP contribution in [0.3, 0.4) is 0 Å². The van der Waals surface area contributed by atoms with E-state index < -0.39 is 0 Å². The Balaban J connectivity index is 1.93. The van der Waals surface area contributed by atoms with E-state index in [0.29, 0.717) is 6.42 Å². The number of hydrogen-bond donors (Lipinski definition) is 1. The molecule has 4 nitrogen and oxygen atoms in total. The average Bonchev–Trinajstić information content (AvgIpc) is 2.92. The van der Waals surface area contributed by atoms with E-state index in [2.05, 4.69) is 23.3 Å². The smallest absolute Gasteiger partial charge is 0.226 e. The van der Waals surface area contributed by atoms with Gasteiger partial charge in [0.2, 0.25) is 5.91 Å². The topological polar surface area (TPSA) is 46.9 Å². The second kappa shape index (κ2) is 6.18. The van der Waals surface area contributed by atoms with Crippen molar-refractivity contribution >= 4 is 11.6 Å². The number of nitrogens with zero attached hydrogens (tertiary/aromatic N) is 2. The summed E-state index contributed by atoms with van der Waals surface area (Å²) in [4.78, 5) is 16.0. The molecular formula is C15H19N3O. The van der Waals surface area contributed by atoms with Gasteiger partial charge in [-0.15, -0.1) is 0 Å². The van der Waals surface area contributed by atoms with E-state index in [-0.39, 0.29) is 11.9 Å². The highest BCUT2D eigenvalue weighted by molar-refractivity contribution is 5.91. The van der Waals surface area contributed by atoms with Crippen LogP contribution in [0.4, 0.5) is 5.69 Å². The maximum absolute atomic E-state index is 12.0. The fraction of sp³-hybridized carbons (Fsp3) is 0.333. The summed E-state index contributed by atoms with van der Waals surface area (Å²) >= 11 is 0. The van der Waals surface area contributed by atoms with E-state index in [1.807, 2.05) is 35.9 Å². The fourth-order valence-corrected chi connectivity index (χ4v) is 1.98. The third-order valence-corrected chi connectivity index (χ3v) is 3.13. The summed E-state index contributed by atoms with van der Waals surface area (Å²) in [6, 6.07) is 8.06. The molecule has 0 saturated carbocycles. The fourth-order valence-electron chi connectivity index (χ4n) is 1.98. The molecule has 19 heavy (non-hydrogen) atoms. The Morgan fingerprint density at radius 2 is 2.32 bits per heavy atom. The van der Waals surface area contributed by atoms with Crippen molar-refractivity contribution in [3.8, 4) is 0 Å². The summed E-state index contributed by atoms with van der Waals surface area (Å²) in [7, 11) is 0. The summed E-state index contributed by atoms with van der Waals surface area (Å²) in [5.41, 5.74) is 2.09. The summed E-state index contributed by atoms with van der Waals surface area (Å²) in [6.45, 7) is 4.10. The molecule has 2 rings (SSSR count). The zero-order chi connectivity index (χ0) is 13.7. The lowest BCUT2D eigenvalue weighted by molar-refractivity contribution is -0.116. The lowest BCUT2D eigenvalue weighted by Crippen LogP contribution is -2.17. The van der Waals surface area contributed by atoms with Crippen LogP contribution in [0.2, 0.25) is 0 Å². The number of benzene rings is 1. The minimum atomic E-state index is 0.0226. The van der Waals surface area contributed by atoms with Crippen LogP contribution in [-0.4, -0.2) is 15.5 Å². The number of anilines is 1. The normalized spacial score (nSPS) is 12.1. The molecule has 4 heteroatoms. The highest BCUT2D eigenvalue weighted by Gasteiger charge is 2.10.